The number of carbonyl (C=O) groups excluding carboxylic acids is 2. The van der Waals surface area contributed by atoms with Crippen molar-refractivity contribution in [3.8, 4) is 0 Å². The van der Waals surface area contributed by atoms with Gasteiger partial charge in [0.2, 0.25) is 0 Å². The smallest absolute Gasteiger partial charge is 0.408 e. The van der Waals surface area contributed by atoms with Crippen LogP contribution in [0.25, 0.3) is 0 Å². The van der Waals surface area contributed by atoms with Crippen molar-refractivity contribution in [2.24, 2.45) is 0 Å². The summed E-state index contributed by atoms with van der Waals surface area (Å²) in [5.41, 5.74) is 0.173. The number of alkyl carbamates (subject to hydrolysis) is 1. The van der Waals surface area contributed by atoms with Crippen LogP contribution in [0.15, 0.2) is 24.3 Å². The highest BCUT2D eigenvalue weighted by molar-refractivity contribution is 5.78. The SMILES string of the molecule is CCc1cccc(C(C)(C=O)NC(=O)OC(C)(C)C)c1. The lowest BCUT2D eigenvalue weighted by atomic mass is 9.92. The second-order valence-electron chi connectivity index (χ2n) is 6.00. The van der Waals surface area contributed by atoms with Crippen molar-refractivity contribution in [1.29, 1.82) is 0 Å². The summed E-state index contributed by atoms with van der Waals surface area (Å²) >= 11 is 0. The number of ether oxygens (including phenoxy) is 1. The third-order valence-electron chi connectivity index (χ3n) is 2.93. The fourth-order valence-electron chi connectivity index (χ4n) is 1.80. The topological polar surface area (TPSA) is 55.4 Å². The molecule has 0 aliphatic rings. The minimum absolute atomic E-state index is 0.598. The zero-order valence-electron chi connectivity index (χ0n) is 12.8. The first-order valence-corrected chi connectivity index (χ1v) is 6.77. The van der Waals surface area contributed by atoms with Crippen LogP contribution in [0, 0.1) is 0 Å². The monoisotopic (exact) mass is 277 g/mol. The first kappa shape index (κ1) is 16.2. The van der Waals surface area contributed by atoms with Crippen molar-refractivity contribution in [3.63, 3.8) is 0 Å². The van der Waals surface area contributed by atoms with Gasteiger partial charge in [-0.1, -0.05) is 31.2 Å². The van der Waals surface area contributed by atoms with Crippen molar-refractivity contribution in [2.75, 3.05) is 0 Å². The van der Waals surface area contributed by atoms with Crippen LogP contribution in [0.3, 0.4) is 0 Å². The fraction of sp³-hybridized carbons (Fsp3) is 0.500. The van der Waals surface area contributed by atoms with Crippen LogP contribution in [-0.2, 0) is 21.5 Å². The van der Waals surface area contributed by atoms with Crippen molar-refractivity contribution in [3.05, 3.63) is 35.4 Å². The molecule has 1 aromatic rings. The number of aldehydes is 1. The number of amides is 1. The molecule has 0 aromatic heterocycles. The molecule has 0 saturated carbocycles. The predicted molar refractivity (Wildman–Crippen MR) is 78.6 cm³/mol. The van der Waals surface area contributed by atoms with E-state index in [1.807, 2.05) is 31.2 Å². The van der Waals surface area contributed by atoms with Gasteiger partial charge in [0.05, 0.1) is 0 Å². The lowest BCUT2D eigenvalue weighted by Gasteiger charge is -2.28. The van der Waals surface area contributed by atoms with Crippen molar-refractivity contribution in [2.45, 2.75) is 52.2 Å². The summed E-state index contributed by atoms with van der Waals surface area (Å²) in [5.74, 6) is 0. The second-order valence-corrected chi connectivity index (χ2v) is 6.00. The van der Waals surface area contributed by atoms with E-state index in [1.54, 1.807) is 27.7 Å². The summed E-state index contributed by atoms with van der Waals surface area (Å²) in [4.78, 5) is 23.3. The maximum atomic E-state index is 11.9. The van der Waals surface area contributed by atoms with Crippen LogP contribution in [0.1, 0.15) is 45.7 Å². The third kappa shape index (κ3) is 4.37. The predicted octanol–water partition coefficient (Wildman–Crippen LogP) is 3.19. The summed E-state index contributed by atoms with van der Waals surface area (Å²) in [6.07, 6.45) is 0.995. The third-order valence-corrected chi connectivity index (χ3v) is 2.93. The Morgan fingerprint density at radius 1 is 1.30 bits per heavy atom. The van der Waals surface area contributed by atoms with Crippen LogP contribution < -0.4 is 5.32 Å². The molecule has 1 amide bonds. The molecule has 0 heterocycles. The summed E-state index contributed by atoms with van der Waals surface area (Å²) in [6, 6.07) is 7.62. The van der Waals surface area contributed by atoms with Gasteiger partial charge >= 0.3 is 6.09 Å². The van der Waals surface area contributed by atoms with Gasteiger partial charge in [-0.3, -0.25) is 0 Å². The minimum Gasteiger partial charge on any atom is -0.444 e. The van der Waals surface area contributed by atoms with E-state index in [4.69, 9.17) is 4.74 Å². The lowest BCUT2D eigenvalue weighted by Crippen LogP contribution is -2.47. The van der Waals surface area contributed by atoms with Gasteiger partial charge in [-0.25, -0.2) is 4.79 Å². The number of benzene rings is 1. The van der Waals surface area contributed by atoms with Gasteiger partial charge in [-0.15, -0.1) is 0 Å². The summed E-state index contributed by atoms with van der Waals surface area (Å²) in [6.45, 7) is 9.05. The zero-order valence-corrected chi connectivity index (χ0v) is 12.8. The Kier molecular flexibility index (Phi) is 4.93. The van der Waals surface area contributed by atoms with Gasteiger partial charge in [0.25, 0.3) is 0 Å². The van der Waals surface area contributed by atoms with E-state index in [0.29, 0.717) is 0 Å². The number of rotatable bonds is 4. The van der Waals surface area contributed by atoms with E-state index in [9.17, 15) is 9.59 Å². The van der Waals surface area contributed by atoms with Crippen LogP contribution in [0.4, 0.5) is 4.79 Å². The summed E-state index contributed by atoms with van der Waals surface area (Å²) < 4.78 is 5.20. The normalized spacial score (nSPS) is 14.2. The molecule has 0 saturated heterocycles. The number of carbonyl (C=O) groups is 2. The van der Waals surface area contributed by atoms with Crippen LogP contribution in [-0.4, -0.2) is 18.0 Å². The Hall–Kier alpha value is -1.84. The van der Waals surface area contributed by atoms with E-state index in [1.165, 1.54) is 0 Å². The molecule has 1 rings (SSSR count). The minimum atomic E-state index is -1.09. The molecule has 1 aromatic carbocycles. The fourth-order valence-corrected chi connectivity index (χ4v) is 1.80. The first-order chi connectivity index (χ1) is 9.20. The van der Waals surface area contributed by atoms with Gasteiger partial charge in [0, 0.05) is 0 Å². The molecule has 0 fully saturated rings. The molecular weight excluding hydrogens is 254 g/mol. The molecule has 110 valence electrons. The number of hydrogen-bond donors (Lipinski definition) is 1. The molecule has 1 atom stereocenters. The summed E-state index contributed by atoms with van der Waals surface area (Å²) in [5, 5.41) is 2.64. The number of nitrogens with one attached hydrogen (secondary N) is 1. The molecule has 0 aliphatic heterocycles. The standard InChI is InChI=1S/C16H23NO3/c1-6-12-8-7-9-13(10-12)16(5,11-18)17-14(19)20-15(2,3)4/h7-11H,6H2,1-5H3,(H,17,19). The molecule has 1 N–H and O–H groups in total. The molecule has 20 heavy (non-hydrogen) atoms. The first-order valence-electron chi connectivity index (χ1n) is 6.77. The van der Waals surface area contributed by atoms with Gasteiger partial charge in [0.1, 0.15) is 17.4 Å². The highest BCUT2D eigenvalue weighted by Gasteiger charge is 2.30. The zero-order chi connectivity index (χ0) is 15.4. The van der Waals surface area contributed by atoms with Gasteiger partial charge in [-0.2, -0.15) is 0 Å². The second kappa shape index (κ2) is 6.07. The van der Waals surface area contributed by atoms with Crippen molar-refractivity contribution in [1.82, 2.24) is 5.32 Å². The number of hydrogen-bond acceptors (Lipinski definition) is 3. The Bertz CT molecular complexity index is 491. The Morgan fingerprint density at radius 2 is 1.95 bits per heavy atom. The molecule has 1 unspecified atom stereocenters. The Labute approximate surface area is 120 Å². The molecule has 4 nitrogen and oxygen atoms in total. The average Bonchev–Trinajstić information content (AvgIpc) is 2.36. The van der Waals surface area contributed by atoms with Gasteiger partial charge in [0.15, 0.2) is 0 Å². The molecule has 0 aliphatic carbocycles. The van der Waals surface area contributed by atoms with E-state index in [0.717, 1.165) is 23.8 Å². The van der Waals surface area contributed by atoms with Gasteiger partial charge in [-0.05, 0) is 45.2 Å². The molecule has 0 bridgehead atoms. The van der Waals surface area contributed by atoms with Crippen LogP contribution >= 0.6 is 0 Å². The van der Waals surface area contributed by atoms with Crippen molar-refractivity contribution >= 4 is 12.4 Å². The van der Waals surface area contributed by atoms with E-state index in [-0.39, 0.29) is 0 Å². The highest BCUT2D eigenvalue weighted by atomic mass is 16.6. The Morgan fingerprint density at radius 3 is 2.45 bits per heavy atom. The van der Waals surface area contributed by atoms with E-state index < -0.39 is 17.2 Å². The highest BCUT2D eigenvalue weighted by Crippen LogP contribution is 2.21. The largest absolute Gasteiger partial charge is 0.444 e. The lowest BCUT2D eigenvalue weighted by molar-refractivity contribution is -0.113. The molecular formula is C16H23NO3. The summed E-state index contributed by atoms with van der Waals surface area (Å²) in [7, 11) is 0. The van der Waals surface area contributed by atoms with E-state index >= 15 is 0 Å². The molecule has 0 radical (unpaired) electrons. The quantitative estimate of drug-likeness (QED) is 0.860. The van der Waals surface area contributed by atoms with Crippen LogP contribution in [0.2, 0.25) is 0 Å². The maximum absolute atomic E-state index is 11.9. The molecule has 0 spiro atoms. The number of aryl methyl sites for hydroxylation is 1. The average molecular weight is 277 g/mol. The van der Waals surface area contributed by atoms with Gasteiger partial charge < -0.3 is 14.8 Å². The molecule has 4 heteroatoms. The van der Waals surface area contributed by atoms with E-state index in [2.05, 4.69) is 5.32 Å². The maximum Gasteiger partial charge on any atom is 0.408 e. The Balaban J connectivity index is 2.96. The van der Waals surface area contributed by atoms with Crippen LogP contribution in [0.5, 0.6) is 0 Å². The van der Waals surface area contributed by atoms with Crippen molar-refractivity contribution < 1.29 is 14.3 Å².